The van der Waals surface area contributed by atoms with Crippen molar-refractivity contribution in [3.63, 3.8) is 0 Å². The molecule has 21 heavy (non-hydrogen) atoms. The van der Waals surface area contributed by atoms with E-state index in [0.29, 0.717) is 24.9 Å². The number of nitrogens with zero attached hydrogens (tertiary/aromatic N) is 1. The fourth-order valence-corrected chi connectivity index (χ4v) is 2.88. The van der Waals surface area contributed by atoms with E-state index in [1.807, 2.05) is 19.9 Å². The van der Waals surface area contributed by atoms with Crippen molar-refractivity contribution in [2.75, 3.05) is 18.0 Å². The summed E-state index contributed by atoms with van der Waals surface area (Å²) < 4.78 is 0. The third-order valence-electron chi connectivity index (χ3n) is 3.82. The summed E-state index contributed by atoms with van der Waals surface area (Å²) in [5, 5.41) is 12.5. The molecule has 1 atom stereocenters. The van der Waals surface area contributed by atoms with Gasteiger partial charge in [0.25, 0.3) is 0 Å². The normalized spacial score (nSPS) is 15.4. The van der Waals surface area contributed by atoms with Crippen LogP contribution in [0.4, 0.5) is 5.69 Å². The number of aromatic carboxylic acids is 1. The van der Waals surface area contributed by atoms with Crippen molar-refractivity contribution < 1.29 is 14.7 Å². The Morgan fingerprint density at radius 1 is 1.43 bits per heavy atom. The zero-order chi connectivity index (χ0) is 15.4. The molecule has 0 radical (unpaired) electrons. The van der Waals surface area contributed by atoms with Crippen molar-refractivity contribution in [3.05, 3.63) is 29.3 Å². The number of carbonyl (C=O) groups excluding carboxylic acids is 1. The quantitative estimate of drug-likeness (QED) is 0.871. The molecule has 2 rings (SSSR count). The van der Waals surface area contributed by atoms with Crippen LogP contribution in [-0.4, -0.2) is 36.1 Å². The summed E-state index contributed by atoms with van der Waals surface area (Å²) in [4.78, 5) is 25.5. The maximum Gasteiger partial charge on any atom is 0.336 e. The van der Waals surface area contributed by atoms with Gasteiger partial charge in [-0.15, -0.1) is 0 Å². The van der Waals surface area contributed by atoms with Crippen LogP contribution in [0, 0.1) is 0 Å². The number of benzene rings is 1. The van der Waals surface area contributed by atoms with Crippen molar-refractivity contribution in [2.24, 2.45) is 0 Å². The fourth-order valence-electron chi connectivity index (χ4n) is 2.88. The Balaban J connectivity index is 2.24. The van der Waals surface area contributed by atoms with E-state index < -0.39 is 5.97 Å². The van der Waals surface area contributed by atoms with Crippen LogP contribution in [-0.2, 0) is 11.2 Å². The molecule has 1 heterocycles. The van der Waals surface area contributed by atoms with E-state index in [1.165, 1.54) is 0 Å². The van der Waals surface area contributed by atoms with Crippen LogP contribution >= 0.6 is 0 Å². The Morgan fingerprint density at radius 2 is 2.19 bits per heavy atom. The molecule has 2 N–H and O–H groups in total. The number of carboxylic acids is 1. The van der Waals surface area contributed by atoms with E-state index in [9.17, 15) is 14.7 Å². The molecule has 5 heteroatoms. The average molecular weight is 290 g/mol. The molecule has 1 aliphatic heterocycles. The molecule has 0 spiro atoms. The number of carboxylic acid groups (broad SMARTS) is 1. The van der Waals surface area contributed by atoms with Crippen LogP contribution in [0.15, 0.2) is 18.2 Å². The Morgan fingerprint density at radius 3 is 2.86 bits per heavy atom. The van der Waals surface area contributed by atoms with E-state index >= 15 is 0 Å². The minimum atomic E-state index is -0.929. The van der Waals surface area contributed by atoms with Gasteiger partial charge in [0.1, 0.15) is 0 Å². The summed E-state index contributed by atoms with van der Waals surface area (Å²) in [7, 11) is 0. The van der Waals surface area contributed by atoms with E-state index in [0.717, 1.165) is 24.2 Å². The van der Waals surface area contributed by atoms with Gasteiger partial charge >= 0.3 is 5.97 Å². The lowest BCUT2D eigenvalue weighted by Gasteiger charge is -2.31. The van der Waals surface area contributed by atoms with Crippen molar-refractivity contribution in [2.45, 2.75) is 39.2 Å². The summed E-state index contributed by atoms with van der Waals surface area (Å²) in [6, 6.07) is 5.28. The molecule has 0 aromatic heterocycles. The van der Waals surface area contributed by atoms with Gasteiger partial charge in [-0.25, -0.2) is 4.79 Å². The number of hydrogen-bond donors (Lipinski definition) is 2. The summed E-state index contributed by atoms with van der Waals surface area (Å²) in [5.74, 6) is -0.880. The van der Waals surface area contributed by atoms with Gasteiger partial charge in [-0.2, -0.15) is 0 Å². The highest BCUT2D eigenvalue weighted by Gasteiger charge is 2.26. The molecule has 1 unspecified atom stereocenters. The number of anilines is 1. The molecule has 1 aromatic rings. The van der Waals surface area contributed by atoms with Crippen LogP contribution < -0.4 is 10.2 Å². The Hall–Kier alpha value is -1.88. The van der Waals surface area contributed by atoms with Crippen molar-refractivity contribution in [1.82, 2.24) is 5.32 Å². The largest absolute Gasteiger partial charge is 0.478 e. The zero-order valence-electron chi connectivity index (χ0n) is 12.6. The van der Waals surface area contributed by atoms with Crippen LogP contribution in [0.3, 0.4) is 0 Å². The molecule has 0 saturated heterocycles. The lowest BCUT2D eigenvalue weighted by Crippen LogP contribution is -2.40. The molecule has 0 fully saturated rings. The number of fused-ring (bicyclic) bond motifs is 1. The summed E-state index contributed by atoms with van der Waals surface area (Å²) in [5.41, 5.74) is 1.85. The monoisotopic (exact) mass is 290 g/mol. The van der Waals surface area contributed by atoms with Crippen LogP contribution in [0.25, 0.3) is 0 Å². The summed E-state index contributed by atoms with van der Waals surface area (Å²) in [6.07, 6.45) is 1.94. The van der Waals surface area contributed by atoms with Gasteiger partial charge in [-0.05, 0) is 44.0 Å². The molecular weight excluding hydrogens is 268 g/mol. The van der Waals surface area contributed by atoms with Gasteiger partial charge in [-0.1, -0.05) is 13.0 Å². The van der Waals surface area contributed by atoms with Crippen LogP contribution in [0.1, 0.15) is 42.6 Å². The zero-order valence-corrected chi connectivity index (χ0v) is 12.6. The standard InChI is InChI=1S/C16H22N2O3/c1-3-17-11(2)10-15(19)18-9-5-7-12-13(16(20)21)6-4-8-14(12)18/h4,6,8,11,17H,3,5,7,9-10H2,1-2H3,(H,20,21). The molecule has 0 aliphatic carbocycles. The maximum absolute atomic E-state index is 12.5. The Labute approximate surface area is 125 Å². The third kappa shape index (κ3) is 3.42. The second kappa shape index (κ2) is 6.72. The third-order valence-corrected chi connectivity index (χ3v) is 3.82. The van der Waals surface area contributed by atoms with Crippen LogP contribution in [0.2, 0.25) is 0 Å². The molecule has 1 aromatic carbocycles. The smallest absolute Gasteiger partial charge is 0.336 e. The topological polar surface area (TPSA) is 69.6 Å². The van der Waals surface area contributed by atoms with Gasteiger partial charge in [0.15, 0.2) is 0 Å². The number of carbonyl (C=O) groups is 2. The lowest BCUT2D eigenvalue weighted by atomic mass is 9.96. The highest BCUT2D eigenvalue weighted by atomic mass is 16.4. The average Bonchev–Trinajstić information content (AvgIpc) is 2.45. The van der Waals surface area contributed by atoms with Crippen molar-refractivity contribution >= 4 is 17.6 Å². The number of nitrogens with one attached hydrogen (secondary N) is 1. The van der Waals surface area contributed by atoms with E-state index in [4.69, 9.17) is 0 Å². The summed E-state index contributed by atoms with van der Waals surface area (Å²) >= 11 is 0. The second-order valence-electron chi connectivity index (χ2n) is 5.42. The predicted molar refractivity (Wildman–Crippen MR) is 81.8 cm³/mol. The van der Waals surface area contributed by atoms with Crippen molar-refractivity contribution in [1.29, 1.82) is 0 Å². The predicted octanol–water partition coefficient (Wildman–Crippen LogP) is 2.05. The number of amides is 1. The van der Waals surface area contributed by atoms with E-state index in [-0.39, 0.29) is 11.9 Å². The Bertz CT molecular complexity index is 542. The molecular formula is C16H22N2O3. The van der Waals surface area contributed by atoms with Gasteiger partial charge < -0.3 is 15.3 Å². The minimum absolute atomic E-state index is 0.0481. The van der Waals surface area contributed by atoms with Gasteiger partial charge in [0.05, 0.1) is 5.56 Å². The van der Waals surface area contributed by atoms with E-state index in [1.54, 1.807) is 17.0 Å². The Kier molecular flexibility index (Phi) is 4.96. The maximum atomic E-state index is 12.5. The fraction of sp³-hybridized carbons (Fsp3) is 0.500. The molecule has 1 amide bonds. The highest BCUT2D eigenvalue weighted by molar-refractivity contribution is 5.98. The first kappa shape index (κ1) is 15.5. The van der Waals surface area contributed by atoms with Gasteiger partial charge in [0, 0.05) is 24.7 Å². The minimum Gasteiger partial charge on any atom is -0.478 e. The SMILES string of the molecule is CCNC(C)CC(=O)N1CCCc2c(C(=O)O)cccc21. The summed E-state index contributed by atoms with van der Waals surface area (Å²) in [6.45, 7) is 5.48. The van der Waals surface area contributed by atoms with E-state index in [2.05, 4.69) is 5.32 Å². The molecule has 0 saturated carbocycles. The molecule has 0 bridgehead atoms. The first-order valence-corrected chi connectivity index (χ1v) is 7.43. The van der Waals surface area contributed by atoms with Crippen molar-refractivity contribution in [3.8, 4) is 0 Å². The van der Waals surface area contributed by atoms with Gasteiger partial charge in [-0.3, -0.25) is 4.79 Å². The highest BCUT2D eigenvalue weighted by Crippen LogP contribution is 2.30. The number of hydrogen-bond acceptors (Lipinski definition) is 3. The molecule has 5 nitrogen and oxygen atoms in total. The molecule has 1 aliphatic rings. The van der Waals surface area contributed by atoms with Crippen LogP contribution in [0.5, 0.6) is 0 Å². The lowest BCUT2D eigenvalue weighted by molar-refractivity contribution is -0.119. The van der Waals surface area contributed by atoms with Gasteiger partial charge in [0.2, 0.25) is 5.91 Å². The first-order valence-electron chi connectivity index (χ1n) is 7.43. The number of rotatable bonds is 5. The first-order chi connectivity index (χ1) is 10.0. The molecule has 114 valence electrons. The second-order valence-corrected chi connectivity index (χ2v) is 5.42.